The molecule has 5 heteroatoms. The summed E-state index contributed by atoms with van der Waals surface area (Å²) in [5.74, 6) is 0.330. The lowest BCUT2D eigenvalue weighted by Gasteiger charge is -2.27. The zero-order valence-corrected chi connectivity index (χ0v) is 10.3. The number of phenols is 1. The van der Waals surface area contributed by atoms with Crippen molar-refractivity contribution in [2.45, 2.75) is 18.9 Å². The summed E-state index contributed by atoms with van der Waals surface area (Å²) in [5, 5.41) is 15.3. The lowest BCUT2D eigenvalue weighted by atomic mass is 10.1. The van der Waals surface area contributed by atoms with E-state index in [2.05, 4.69) is 10.6 Å². The van der Waals surface area contributed by atoms with E-state index in [1.54, 1.807) is 18.2 Å². The largest absolute Gasteiger partial charge is 0.508 e. The summed E-state index contributed by atoms with van der Waals surface area (Å²) in [6.07, 6.45) is 1.14. The molecule has 1 aromatic rings. The molecular weight excluding hydrogens is 240 g/mol. The van der Waals surface area contributed by atoms with Crippen LogP contribution < -0.4 is 10.6 Å². The first kappa shape index (κ1) is 13.8. The minimum atomic E-state index is 0. The van der Waals surface area contributed by atoms with Gasteiger partial charge in [-0.3, -0.25) is 4.79 Å². The first-order valence-corrected chi connectivity index (χ1v) is 5.52. The molecule has 94 valence electrons. The molecule has 3 N–H and O–H groups in total. The van der Waals surface area contributed by atoms with Crippen LogP contribution in [0.5, 0.6) is 5.75 Å². The van der Waals surface area contributed by atoms with Crippen LogP contribution in [0, 0.1) is 0 Å². The molecule has 1 saturated heterocycles. The third-order valence-electron chi connectivity index (χ3n) is 2.70. The van der Waals surface area contributed by atoms with Crippen LogP contribution in [0.2, 0.25) is 0 Å². The number of hydrogen-bond donors (Lipinski definition) is 3. The summed E-state index contributed by atoms with van der Waals surface area (Å²) < 4.78 is 0. The third-order valence-corrected chi connectivity index (χ3v) is 2.70. The van der Waals surface area contributed by atoms with Crippen molar-refractivity contribution in [3.8, 4) is 5.75 Å². The Morgan fingerprint density at radius 1 is 1.47 bits per heavy atom. The molecule has 1 aliphatic rings. The van der Waals surface area contributed by atoms with E-state index in [0.29, 0.717) is 18.9 Å². The number of amides is 1. The summed E-state index contributed by atoms with van der Waals surface area (Å²) in [7, 11) is 0. The van der Waals surface area contributed by atoms with Crippen molar-refractivity contribution in [2.24, 2.45) is 0 Å². The number of halogens is 1. The van der Waals surface area contributed by atoms with E-state index in [1.165, 1.54) is 0 Å². The average Bonchev–Trinajstić information content (AvgIpc) is 2.21. The topological polar surface area (TPSA) is 61.4 Å². The van der Waals surface area contributed by atoms with Crippen molar-refractivity contribution in [2.75, 3.05) is 13.1 Å². The second-order valence-electron chi connectivity index (χ2n) is 4.09. The van der Waals surface area contributed by atoms with Crippen LogP contribution in [0.1, 0.15) is 12.0 Å². The van der Waals surface area contributed by atoms with Crippen molar-refractivity contribution >= 4 is 18.3 Å². The number of hydrogen-bond acceptors (Lipinski definition) is 3. The smallest absolute Gasteiger partial charge is 0.220 e. The molecule has 0 radical (unpaired) electrons. The monoisotopic (exact) mass is 256 g/mol. The van der Waals surface area contributed by atoms with Crippen LogP contribution in [-0.2, 0) is 11.2 Å². The van der Waals surface area contributed by atoms with Gasteiger partial charge in [0.1, 0.15) is 5.75 Å². The van der Waals surface area contributed by atoms with Crippen molar-refractivity contribution in [1.29, 1.82) is 0 Å². The Labute approximate surface area is 107 Å². The number of aryl methyl sites for hydroxylation is 1. The van der Waals surface area contributed by atoms with E-state index in [-0.39, 0.29) is 24.1 Å². The van der Waals surface area contributed by atoms with E-state index in [9.17, 15) is 9.90 Å². The standard InChI is InChI=1S/C12H16N2O2.ClH/c15-11-3-1-2-9(6-11)4-5-12(16)14-10-7-13-8-10;/h1-3,6,10,13,15H,4-5,7-8H2,(H,14,16);1H. The Bertz CT molecular complexity index is 381. The fourth-order valence-electron chi connectivity index (χ4n) is 1.66. The molecule has 1 fully saturated rings. The third kappa shape index (κ3) is 4.24. The first-order chi connectivity index (χ1) is 7.74. The molecule has 1 heterocycles. The summed E-state index contributed by atoms with van der Waals surface area (Å²) >= 11 is 0. The van der Waals surface area contributed by atoms with Crippen LogP contribution >= 0.6 is 12.4 Å². The molecule has 4 nitrogen and oxygen atoms in total. The fraction of sp³-hybridized carbons (Fsp3) is 0.417. The number of carbonyl (C=O) groups excluding carboxylic acids is 1. The van der Waals surface area contributed by atoms with Gasteiger partial charge in [0, 0.05) is 19.5 Å². The molecule has 0 atom stereocenters. The van der Waals surface area contributed by atoms with Gasteiger partial charge in [-0.2, -0.15) is 0 Å². The number of carbonyl (C=O) groups is 1. The number of phenolic OH excluding ortho intramolecular Hbond substituents is 1. The van der Waals surface area contributed by atoms with E-state index in [1.807, 2.05) is 6.07 Å². The number of aromatic hydroxyl groups is 1. The normalized spacial score (nSPS) is 14.6. The van der Waals surface area contributed by atoms with Gasteiger partial charge in [0.05, 0.1) is 6.04 Å². The quantitative estimate of drug-likeness (QED) is 0.748. The van der Waals surface area contributed by atoms with Gasteiger partial charge >= 0.3 is 0 Å². The Morgan fingerprint density at radius 2 is 2.24 bits per heavy atom. The van der Waals surface area contributed by atoms with Gasteiger partial charge in [-0.25, -0.2) is 0 Å². The number of nitrogens with one attached hydrogen (secondary N) is 2. The van der Waals surface area contributed by atoms with Gasteiger partial charge in [0.2, 0.25) is 5.91 Å². The van der Waals surface area contributed by atoms with E-state index in [0.717, 1.165) is 18.7 Å². The highest BCUT2D eigenvalue weighted by Gasteiger charge is 2.18. The van der Waals surface area contributed by atoms with Gasteiger partial charge in [-0.1, -0.05) is 12.1 Å². The van der Waals surface area contributed by atoms with Crippen molar-refractivity contribution < 1.29 is 9.90 Å². The van der Waals surface area contributed by atoms with Gasteiger partial charge in [-0.15, -0.1) is 12.4 Å². The second kappa shape index (κ2) is 6.47. The number of rotatable bonds is 4. The van der Waals surface area contributed by atoms with Crippen LogP contribution in [0.15, 0.2) is 24.3 Å². The highest BCUT2D eigenvalue weighted by molar-refractivity contribution is 5.85. The molecule has 1 aromatic carbocycles. The van der Waals surface area contributed by atoms with Crippen LogP contribution in [0.4, 0.5) is 0 Å². The van der Waals surface area contributed by atoms with Crippen LogP contribution in [-0.4, -0.2) is 30.1 Å². The summed E-state index contributed by atoms with van der Waals surface area (Å²) in [6, 6.07) is 7.33. The van der Waals surface area contributed by atoms with E-state index < -0.39 is 0 Å². The minimum Gasteiger partial charge on any atom is -0.508 e. The predicted molar refractivity (Wildman–Crippen MR) is 68.5 cm³/mol. The maximum absolute atomic E-state index is 11.5. The first-order valence-electron chi connectivity index (χ1n) is 5.52. The number of benzene rings is 1. The van der Waals surface area contributed by atoms with Gasteiger partial charge in [0.15, 0.2) is 0 Å². The molecule has 0 spiro atoms. The maximum Gasteiger partial charge on any atom is 0.220 e. The minimum absolute atomic E-state index is 0. The maximum atomic E-state index is 11.5. The Morgan fingerprint density at radius 3 is 2.82 bits per heavy atom. The lowest BCUT2D eigenvalue weighted by Crippen LogP contribution is -2.56. The molecule has 0 aliphatic carbocycles. The molecule has 17 heavy (non-hydrogen) atoms. The van der Waals surface area contributed by atoms with Crippen molar-refractivity contribution in [1.82, 2.24) is 10.6 Å². The van der Waals surface area contributed by atoms with Gasteiger partial charge in [-0.05, 0) is 24.1 Å². The molecule has 1 aliphatic heterocycles. The highest BCUT2D eigenvalue weighted by Crippen LogP contribution is 2.12. The molecule has 0 bridgehead atoms. The molecule has 1 amide bonds. The SMILES string of the molecule is Cl.O=C(CCc1cccc(O)c1)NC1CNC1. The lowest BCUT2D eigenvalue weighted by molar-refractivity contribution is -0.122. The molecule has 0 unspecified atom stereocenters. The van der Waals surface area contributed by atoms with E-state index in [4.69, 9.17) is 0 Å². The Kier molecular flexibility index (Phi) is 5.25. The fourth-order valence-corrected chi connectivity index (χ4v) is 1.66. The summed E-state index contributed by atoms with van der Waals surface area (Å²) in [6.45, 7) is 1.75. The van der Waals surface area contributed by atoms with Crippen molar-refractivity contribution in [3.63, 3.8) is 0 Å². The zero-order chi connectivity index (χ0) is 11.4. The Hall–Kier alpha value is -1.26. The molecule has 0 saturated carbocycles. The van der Waals surface area contributed by atoms with Crippen LogP contribution in [0.3, 0.4) is 0 Å². The van der Waals surface area contributed by atoms with Crippen molar-refractivity contribution in [3.05, 3.63) is 29.8 Å². The van der Waals surface area contributed by atoms with Crippen LogP contribution in [0.25, 0.3) is 0 Å². The molecule has 2 rings (SSSR count). The van der Waals surface area contributed by atoms with E-state index >= 15 is 0 Å². The highest BCUT2D eigenvalue weighted by atomic mass is 35.5. The average molecular weight is 257 g/mol. The Balaban J connectivity index is 0.00000144. The summed E-state index contributed by atoms with van der Waals surface area (Å²) in [5.41, 5.74) is 0.988. The molecule has 0 aromatic heterocycles. The predicted octanol–water partition coefficient (Wildman–Crippen LogP) is 0.835. The van der Waals surface area contributed by atoms with Gasteiger partial charge < -0.3 is 15.7 Å². The zero-order valence-electron chi connectivity index (χ0n) is 9.48. The van der Waals surface area contributed by atoms with Gasteiger partial charge in [0.25, 0.3) is 0 Å². The second-order valence-corrected chi connectivity index (χ2v) is 4.09. The summed E-state index contributed by atoms with van der Waals surface area (Å²) in [4.78, 5) is 11.5. The molecular formula is C12H17ClN2O2.